The maximum atomic E-state index is 12.2. The van der Waals surface area contributed by atoms with E-state index in [0.29, 0.717) is 16.3 Å². The smallest absolute Gasteiger partial charge is 0.338 e. The quantitative estimate of drug-likeness (QED) is 0.771. The van der Waals surface area contributed by atoms with Crippen LogP contribution in [0.2, 0.25) is 5.02 Å². The van der Waals surface area contributed by atoms with Crippen LogP contribution < -0.4 is 5.32 Å². The molecule has 0 heterocycles. The van der Waals surface area contributed by atoms with Gasteiger partial charge < -0.3 is 15.0 Å². The van der Waals surface area contributed by atoms with Crippen molar-refractivity contribution in [1.29, 1.82) is 0 Å². The van der Waals surface area contributed by atoms with Crippen molar-refractivity contribution in [2.45, 2.75) is 13.8 Å². The van der Waals surface area contributed by atoms with Gasteiger partial charge in [0, 0.05) is 17.8 Å². The number of rotatable bonds is 6. The number of carbonyl (C=O) groups is 3. The van der Waals surface area contributed by atoms with E-state index in [4.69, 9.17) is 16.3 Å². The van der Waals surface area contributed by atoms with Gasteiger partial charge in [0.1, 0.15) is 0 Å². The highest BCUT2D eigenvalue weighted by atomic mass is 35.5. The standard InChI is InChI=1S/C20H21ClN2O4/c1-13-4-5-14(2)17(10-13)22-18(24)11-23(3)19(25)12-27-20(26)15-6-8-16(21)9-7-15/h4-10H,11-12H2,1-3H3,(H,22,24). The van der Waals surface area contributed by atoms with Gasteiger partial charge in [-0.15, -0.1) is 0 Å². The molecule has 7 heteroatoms. The van der Waals surface area contributed by atoms with E-state index in [1.165, 1.54) is 24.1 Å². The van der Waals surface area contributed by atoms with Gasteiger partial charge in [0.2, 0.25) is 5.91 Å². The highest BCUT2D eigenvalue weighted by Gasteiger charge is 2.16. The number of esters is 1. The molecule has 0 bridgehead atoms. The minimum Gasteiger partial charge on any atom is -0.452 e. The van der Waals surface area contributed by atoms with Crippen LogP contribution in [0, 0.1) is 13.8 Å². The van der Waals surface area contributed by atoms with Gasteiger partial charge in [0.05, 0.1) is 12.1 Å². The summed E-state index contributed by atoms with van der Waals surface area (Å²) in [6, 6.07) is 11.9. The Morgan fingerprint density at radius 1 is 1.07 bits per heavy atom. The van der Waals surface area contributed by atoms with Gasteiger partial charge in [0.25, 0.3) is 5.91 Å². The van der Waals surface area contributed by atoms with Crippen molar-refractivity contribution >= 4 is 35.1 Å². The predicted molar refractivity (Wildman–Crippen MR) is 104 cm³/mol. The molecule has 0 aliphatic rings. The molecule has 2 aromatic rings. The first-order valence-corrected chi connectivity index (χ1v) is 8.68. The molecule has 0 aliphatic carbocycles. The van der Waals surface area contributed by atoms with Gasteiger partial charge >= 0.3 is 5.97 Å². The number of nitrogens with one attached hydrogen (secondary N) is 1. The summed E-state index contributed by atoms with van der Waals surface area (Å²) < 4.78 is 4.98. The molecule has 2 amide bonds. The van der Waals surface area contributed by atoms with Crippen LogP contribution in [-0.2, 0) is 14.3 Å². The van der Waals surface area contributed by atoms with Gasteiger partial charge in [0.15, 0.2) is 6.61 Å². The van der Waals surface area contributed by atoms with Crippen LogP contribution >= 0.6 is 11.6 Å². The fourth-order valence-electron chi connectivity index (χ4n) is 2.27. The van der Waals surface area contributed by atoms with Crippen molar-refractivity contribution < 1.29 is 19.1 Å². The Bertz CT molecular complexity index is 850. The van der Waals surface area contributed by atoms with E-state index in [2.05, 4.69) is 5.32 Å². The predicted octanol–water partition coefficient (Wildman–Crippen LogP) is 3.21. The SMILES string of the molecule is Cc1ccc(C)c(NC(=O)CN(C)C(=O)COC(=O)c2ccc(Cl)cc2)c1. The number of amides is 2. The van der Waals surface area contributed by atoms with Gasteiger partial charge in [-0.2, -0.15) is 0 Å². The molecule has 6 nitrogen and oxygen atoms in total. The number of likely N-dealkylation sites (N-methyl/N-ethyl adjacent to an activating group) is 1. The second-order valence-corrected chi connectivity index (χ2v) is 6.64. The molecule has 0 radical (unpaired) electrons. The average molecular weight is 389 g/mol. The second-order valence-electron chi connectivity index (χ2n) is 6.20. The Kier molecular flexibility index (Phi) is 6.96. The number of halogens is 1. The van der Waals surface area contributed by atoms with Crippen LogP contribution in [-0.4, -0.2) is 42.9 Å². The van der Waals surface area contributed by atoms with Crippen molar-refractivity contribution in [3.05, 3.63) is 64.2 Å². The van der Waals surface area contributed by atoms with E-state index >= 15 is 0 Å². The Morgan fingerprint density at radius 3 is 2.41 bits per heavy atom. The third-order valence-electron chi connectivity index (χ3n) is 3.88. The molecule has 0 saturated carbocycles. The first kappa shape index (κ1) is 20.5. The molecular formula is C20H21ClN2O4. The van der Waals surface area contributed by atoms with Crippen LogP contribution in [0.3, 0.4) is 0 Å². The summed E-state index contributed by atoms with van der Waals surface area (Å²) in [5.41, 5.74) is 2.95. The molecule has 0 spiro atoms. The molecule has 0 saturated heterocycles. The van der Waals surface area contributed by atoms with Crippen molar-refractivity contribution in [1.82, 2.24) is 4.90 Å². The van der Waals surface area contributed by atoms with Gasteiger partial charge in [-0.3, -0.25) is 9.59 Å². The number of hydrogen-bond donors (Lipinski definition) is 1. The highest BCUT2D eigenvalue weighted by molar-refractivity contribution is 6.30. The molecule has 0 aromatic heterocycles. The maximum absolute atomic E-state index is 12.2. The lowest BCUT2D eigenvalue weighted by molar-refractivity contribution is -0.136. The molecule has 2 rings (SSSR count). The first-order chi connectivity index (χ1) is 12.8. The molecule has 27 heavy (non-hydrogen) atoms. The lowest BCUT2D eigenvalue weighted by Gasteiger charge is -2.17. The normalized spacial score (nSPS) is 10.2. The van der Waals surface area contributed by atoms with E-state index in [1.807, 2.05) is 32.0 Å². The van der Waals surface area contributed by atoms with E-state index in [1.54, 1.807) is 12.1 Å². The second kappa shape index (κ2) is 9.19. The van der Waals surface area contributed by atoms with Crippen LogP contribution in [0.15, 0.2) is 42.5 Å². The molecular weight excluding hydrogens is 368 g/mol. The zero-order valence-electron chi connectivity index (χ0n) is 15.4. The Balaban J connectivity index is 1.84. The van der Waals surface area contributed by atoms with Gasteiger partial charge in [-0.1, -0.05) is 23.7 Å². The summed E-state index contributed by atoms with van der Waals surface area (Å²) in [4.78, 5) is 37.4. The molecule has 2 aromatic carbocycles. The number of ether oxygens (including phenoxy) is 1. The lowest BCUT2D eigenvalue weighted by atomic mass is 10.1. The molecule has 1 N–H and O–H groups in total. The van der Waals surface area contributed by atoms with E-state index in [9.17, 15) is 14.4 Å². The van der Waals surface area contributed by atoms with Crippen molar-refractivity contribution in [2.75, 3.05) is 25.5 Å². The Labute approximate surface area is 163 Å². The molecule has 0 fully saturated rings. The van der Waals surface area contributed by atoms with Crippen LogP contribution in [0.5, 0.6) is 0 Å². The van der Waals surface area contributed by atoms with Crippen molar-refractivity contribution in [2.24, 2.45) is 0 Å². The maximum Gasteiger partial charge on any atom is 0.338 e. The number of nitrogens with zero attached hydrogens (tertiary/aromatic N) is 1. The van der Waals surface area contributed by atoms with Crippen molar-refractivity contribution in [3.63, 3.8) is 0 Å². The summed E-state index contributed by atoms with van der Waals surface area (Å²) >= 11 is 5.76. The number of anilines is 1. The van der Waals surface area contributed by atoms with Gasteiger partial charge in [-0.05, 0) is 55.3 Å². The van der Waals surface area contributed by atoms with Crippen molar-refractivity contribution in [3.8, 4) is 0 Å². The first-order valence-electron chi connectivity index (χ1n) is 8.30. The molecule has 0 unspecified atom stereocenters. The van der Waals surface area contributed by atoms with Crippen LogP contribution in [0.1, 0.15) is 21.5 Å². The van der Waals surface area contributed by atoms with E-state index in [0.717, 1.165) is 11.1 Å². The molecule has 0 aliphatic heterocycles. The van der Waals surface area contributed by atoms with E-state index in [-0.39, 0.29) is 12.5 Å². The van der Waals surface area contributed by atoms with E-state index < -0.39 is 18.5 Å². The summed E-state index contributed by atoms with van der Waals surface area (Å²) in [6.07, 6.45) is 0. The highest BCUT2D eigenvalue weighted by Crippen LogP contribution is 2.16. The topological polar surface area (TPSA) is 75.7 Å². The summed E-state index contributed by atoms with van der Waals surface area (Å²) in [6.45, 7) is 3.22. The number of carbonyl (C=O) groups excluding carboxylic acids is 3. The summed E-state index contributed by atoms with van der Waals surface area (Å²) in [5, 5.41) is 3.28. The fraction of sp³-hybridized carbons (Fsp3) is 0.250. The third kappa shape index (κ3) is 6.11. The average Bonchev–Trinajstić information content (AvgIpc) is 2.62. The zero-order valence-corrected chi connectivity index (χ0v) is 16.2. The number of aryl methyl sites for hydroxylation is 2. The largest absolute Gasteiger partial charge is 0.452 e. The van der Waals surface area contributed by atoms with Gasteiger partial charge in [-0.25, -0.2) is 4.79 Å². The monoisotopic (exact) mass is 388 g/mol. The fourth-order valence-corrected chi connectivity index (χ4v) is 2.40. The summed E-state index contributed by atoms with van der Waals surface area (Å²) in [5.74, 6) is -1.44. The minimum atomic E-state index is -0.631. The Hall–Kier alpha value is -2.86. The number of benzene rings is 2. The molecule has 0 atom stereocenters. The number of hydrogen-bond acceptors (Lipinski definition) is 4. The van der Waals surface area contributed by atoms with Crippen LogP contribution in [0.25, 0.3) is 0 Å². The third-order valence-corrected chi connectivity index (χ3v) is 4.13. The minimum absolute atomic E-state index is 0.148. The molecule has 142 valence electrons. The zero-order chi connectivity index (χ0) is 20.0. The lowest BCUT2D eigenvalue weighted by Crippen LogP contribution is -2.37. The Morgan fingerprint density at radius 2 is 1.74 bits per heavy atom. The van der Waals surface area contributed by atoms with Crippen LogP contribution in [0.4, 0.5) is 5.69 Å². The summed E-state index contributed by atoms with van der Waals surface area (Å²) in [7, 11) is 1.47.